The predicted molar refractivity (Wildman–Crippen MR) is 71.6 cm³/mol. The van der Waals surface area contributed by atoms with Gasteiger partial charge in [-0.1, -0.05) is 0 Å². The maximum absolute atomic E-state index is 9.65. The topological polar surface area (TPSA) is 50.7 Å². The summed E-state index contributed by atoms with van der Waals surface area (Å²) in [5.74, 6) is 3.36. The number of rotatable bonds is 9. The number of methoxy groups -OCH3 is 1. The van der Waals surface area contributed by atoms with E-state index in [9.17, 15) is 5.11 Å². The summed E-state index contributed by atoms with van der Waals surface area (Å²) in [5, 5.41) is 13.0. The summed E-state index contributed by atoms with van der Waals surface area (Å²) in [7, 11) is 1.64. The number of ether oxygens (including phenoxy) is 2. The first-order valence-electron chi connectivity index (χ1n) is 6.36. The number of hydrogen-bond donors (Lipinski definition) is 2. The molecule has 0 saturated carbocycles. The van der Waals surface area contributed by atoms with E-state index in [1.165, 1.54) is 24.3 Å². The summed E-state index contributed by atoms with van der Waals surface area (Å²) in [6.45, 7) is 3.16. The fourth-order valence-electron chi connectivity index (χ4n) is 1.83. The lowest BCUT2D eigenvalue weighted by Crippen LogP contribution is -2.34. The van der Waals surface area contributed by atoms with Gasteiger partial charge in [-0.3, -0.25) is 0 Å². The van der Waals surface area contributed by atoms with Crippen LogP contribution in [0.25, 0.3) is 0 Å². The molecule has 17 heavy (non-hydrogen) atoms. The van der Waals surface area contributed by atoms with Crippen LogP contribution in [0.1, 0.15) is 12.8 Å². The summed E-state index contributed by atoms with van der Waals surface area (Å²) in [6, 6.07) is 0. The van der Waals surface area contributed by atoms with Crippen molar-refractivity contribution < 1.29 is 14.6 Å². The molecule has 0 spiro atoms. The Balaban J connectivity index is 1.90. The molecule has 0 radical (unpaired) electrons. The number of hydrogen-bond acceptors (Lipinski definition) is 5. The fraction of sp³-hybridized carbons (Fsp3) is 1.00. The molecule has 0 amide bonds. The summed E-state index contributed by atoms with van der Waals surface area (Å²) in [4.78, 5) is 0. The van der Waals surface area contributed by atoms with Gasteiger partial charge in [0, 0.05) is 13.7 Å². The third-order valence-corrected chi connectivity index (χ3v) is 3.94. The molecule has 0 bridgehead atoms. The van der Waals surface area contributed by atoms with Gasteiger partial charge in [-0.15, -0.1) is 0 Å². The normalized spacial score (nSPS) is 19.4. The lowest BCUT2D eigenvalue weighted by molar-refractivity contribution is 0.0135. The molecule has 1 heterocycles. The quantitative estimate of drug-likeness (QED) is 0.601. The van der Waals surface area contributed by atoms with E-state index in [0.717, 1.165) is 12.5 Å². The van der Waals surface area contributed by atoms with Crippen LogP contribution in [0.3, 0.4) is 0 Å². The lowest BCUT2D eigenvalue weighted by atomic mass is 10.0. The molecule has 1 atom stereocenters. The Morgan fingerprint density at radius 2 is 2.12 bits per heavy atom. The van der Waals surface area contributed by atoms with Crippen LogP contribution in [0.5, 0.6) is 0 Å². The van der Waals surface area contributed by atoms with E-state index >= 15 is 0 Å². The van der Waals surface area contributed by atoms with Crippen LogP contribution in [-0.2, 0) is 9.47 Å². The second kappa shape index (κ2) is 10.1. The molecule has 0 aliphatic carbocycles. The largest absolute Gasteiger partial charge is 0.389 e. The first-order valence-corrected chi connectivity index (χ1v) is 7.51. The van der Waals surface area contributed by atoms with Gasteiger partial charge < -0.3 is 19.9 Å². The van der Waals surface area contributed by atoms with E-state index in [1.807, 2.05) is 11.8 Å². The van der Waals surface area contributed by atoms with Crippen molar-refractivity contribution in [3.8, 4) is 0 Å². The Morgan fingerprint density at radius 1 is 1.35 bits per heavy atom. The van der Waals surface area contributed by atoms with E-state index in [2.05, 4.69) is 5.32 Å². The first kappa shape index (κ1) is 15.2. The maximum Gasteiger partial charge on any atom is 0.0897 e. The average molecular weight is 263 g/mol. The molecule has 1 aliphatic heterocycles. The van der Waals surface area contributed by atoms with E-state index in [-0.39, 0.29) is 0 Å². The number of thioether (sulfide) groups is 1. The van der Waals surface area contributed by atoms with E-state index in [4.69, 9.17) is 9.47 Å². The third-order valence-electron chi connectivity index (χ3n) is 2.90. The third kappa shape index (κ3) is 8.00. The van der Waals surface area contributed by atoms with E-state index in [0.29, 0.717) is 26.4 Å². The molecular weight excluding hydrogens is 238 g/mol. The van der Waals surface area contributed by atoms with Crippen molar-refractivity contribution in [3.05, 3.63) is 0 Å². The van der Waals surface area contributed by atoms with E-state index < -0.39 is 6.10 Å². The molecule has 0 aromatic carbocycles. The van der Waals surface area contributed by atoms with Crippen LogP contribution in [0, 0.1) is 5.92 Å². The highest BCUT2D eigenvalue weighted by Crippen LogP contribution is 2.21. The molecule has 0 aromatic heterocycles. The van der Waals surface area contributed by atoms with Gasteiger partial charge in [0.05, 0.1) is 25.9 Å². The zero-order valence-corrected chi connectivity index (χ0v) is 11.5. The second-order valence-corrected chi connectivity index (χ2v) is 5.66. The molecule has 1 aliphatic rings. The first-order chi connectivity index (χ1) is 8.33. The maximum atomic E-state index is 9.65. The number of nitrogens with one attached hydrogen (secondary N) is 1. The fourth-order valence-corrected chi connectivity index (χ4v) is 3.03. The van der Waals surface area contributed by atoms with Crippen LogP contribution < -0.4 is 5.32 Å². The Kier molecular flexibility index (Phi) is 9.10. The van der Waals surface area contributed by atoms with Crippen LogP contribution in [-0.4, -0.2) is 62.7 Å². The standard InChI is InChI=1S/C12H25NO3S/c1-15-4-5-16-10-12(14)9-13-8-11-2-6-17-7-3-11/h11-14H,2-10H2,1H3. The second-order valence-electron chi connectivity index (χ2n) is 4.44. The summed E-state index contributed by atoms with van der Waals surface area (Å²) in [6.07, 6.45) is 2.20. The molecule has 1 unspecified atom stereocenters. The highest BCUT2D eigenvalue weighted by atomic mass is 32.2. The van der Waals surface area contributed by atoms with Gasteiger partial charge in [0.2, 0.25) is 0 Å². The van der Waals surface area contributed by atoms with Gasteiger partial charge in [-0.05, 0) is 36.8 Å². The van der Waals surface area contributed by atoms with Gasteiger partial charge in [-0.25, -0.2) is 0 Å². The molecule has 1 saturated heterocycles. The van der Waals surface area contributed by atoms with Crippen molar-refractivity contribution >= 4 is 11.8 Å². The van der Waals surface area contributed by atoms with Crippen molar-refractivity contribution in [2.45, 2.75) is 18.9 Å². The van der Waals surface area contributed by atoms with Crippen LogP contribution >= 0.6 is 11.8 Å². The van der Waals surface area contributed by atoms with Crippen molar-refractivity contribution in [2.75, 3.05) is 51.5 Å². The Labute approximate surface area is 108 Å². The summed E-state index contributed by atoms with van der Waals surface area (Å²) < 4.78 is 10.1. The van der Waals surface area contributed by atoms with Crippen LogP contribution in [0.4, 0.5) is 0 Å². The monoisotopic (exact) mass is 263 g/mol. The molecule has 4 nitrogen and oxygen atoms in total. The lowest BCUT2D eigenvalue weighted by Gasteiger charge is -2.22. The van der Waals surface area contributed by atoms with Gasteiger partial charge >= 0.3 is 0 Å². The number of aliphatic hydroxyl groups is 1. The molecule has 5 heteroatoms. The van der Waals surface area contributed by atoms with Gasteiger partial charge in [0.15, 0.2) is 0 Å². The Bertz CT molecular complexity index is 177. The van der Waals surface area contributed by atoms with Crippen LogP contribution in [0.15, 0.2) is 0 Å². The smallest absolute Gasteiger partial charge is 0.0897 e. The van der Waals surface area contributed by atoms with Gasteiger partial charge in [0.25, 0.3) is 0 Å². The molecule has 0 aromatic rings. The minimum absolute atomic E-state index is 0.386. The highest BCUT2D eigenvalue weighted by molar-refractivity contribution is 7.99. The zero-order chi connectivity index (χ0) is 12.3. The van der Waals surface area contributed by atoms with E-state index in [1.54, 1.807) is 7.11 Å². The highest BCUT2D eigenvalue weighted by Gasteiger charge is 2.13. The molecule has 2 N–H and O–H groups in total. The van der Waals surface area contributed by atoms with Crippen molar-refractivity contribution in [2.24, 2.45) is 5.92 Å². The van der Waals surface area contributed by atoms with Gasteiger partial charge in [-0.2, -0.15) is 11.8 Å². The molecule has 1 rings (SSSR count). The minimum Gasteiger partial charge on any atom is -0.389 e. The average Bonchev–Trinajstić information content (AvgIpc) is 2.36. The predicted octanol–water partition coefficient (Wildman–Crippen LogP) is 0.743. The zero-order valence-electron chi connectivity index (χ0n) is 10.7. The Morgan fingerprint density at radius 3 is 2.82 bits per heavy atom. The minimum atomic E-state index is -0.412. The van der Waals surface area contributed by atoms with Gasteiger partial charge in [0.1, 0.15) is 0 Å². The van der Waals surface area contributed by atoms with Crippen molar-refractivity contribution in [3.63, 3.8) is 0 Å². The van der Waals surface area contributed by atoms with Crippen molar-refractivity contribution in [1.82, 2.24) is 5.32 Å². The summed E-state index contributed by atoms with van der Waals surface area (Å²) >= 11 is 2.05. The molecule has 102 valence electrons. The number of aliphatic hydroxyl groups excluding tert-OH is 1. The Hall–Kier alpha value is 0.190. The summed E-state index contributed by atoms with van der Waals surface area (Å²) in [5.41, 5.74) is 0. The van der Waals surface area contributed by atoms with Crippen molar-refractivity contribution in [1.29, 1.82) is 0 Å². The molecular formula is C12H25NO3S. The van der Waals surface area contributed by atoms with Crippen LogP contribution in [0.2, 0.25) is 0 Å². The SMILES string of the molecule is COCCOCC(O)CNCC1CCSCC1. The molecule has 1 fully saturated rings.